The number of hydrogen-bond acceptors (Lipinski definition) is 5. The fraction of sp³-hybridized carbons (Fsp3) is 0.276. The first-order valence-corrected chi connectivity index (χ1v) is 13.0. The van der Waals surface area contributed by atoms with E-state index in [4.69, 9.17) is 21.7 Å². The summed E-state index contributed by atoms with van der Waals surface area (Å²) in [6, 6.07) is 17.3. The second-order valence-electron chi connectivity index (χ2n) is 9.12. The minimum absolute atomic E-state index is 0.00960. The predicted octanol–water partition coefficient (Wildman–Crippen LogP) is 6.03. The van der Waals surface area contributed by atoms with E-state index in [0.717, 1.165) is 29.0 Å². The molecule has 0 radical (unpaired) electrons. The Morgan fingerprint density at radius 2 is 1.70 bits per heavy atom. The summed E-state index contributed by atoms with van der Waals surface area (Å²) in [7, 11) is 1.54. The summed E-state index contributed by atoms with van der Waals surface area (Å²) < 4.78 is 50.9. The molecule has 1 aliphatic heterocycles. The Hall–Kier alpha value is -4.12. The predicted molar refractivity (Wildman–Crippen MR) is 149 cm³/mol. The molecule has 1 aliphatic rings. The van der Waals surface area contributed by atoms with Gasteiger partial charge in [0, 0.05) is 12.2 Å². The SMILES string of the molecule is CCCOc1ccc(NC(=O)CC2C(=O)N(c3cccc(C(F)(F)F)c3)C(=S)N2Cc2ccc(OC)cc2)cc1. The lowest BCUT2D eigenvalue weighted by Crippen LogP contribution is -2.37. The van der Waals surface area contributed by atoms with E-state index in [2.05, 4.69) is 5.32 Å². The van der Waals surface area contributed by atoms with E-state index in [-0.39, 0.29) is 23.8 Å². The summed E-state index contributed by atoms with van der Waals surface area (Å²) in [5.41, 5.74) is 0.359. The Kier molecular flexibility index (Phi) is 8.93. The first-order valence-electron chi connectivity index (χ1n) is 12.6. The number of carbonyl (C=O) groups is 2. The van der Waals surface area contributed by atoms with Crippen molar-refractivity contribution in [1.82, 2.24) is 4.90 Å². The van der Waals surface area contributed by atoms with Crippen LogP contribution in [0.15, 0.2) is 72.8 Å². The lowest BCUT2D eigenvalue weighted by molar-refractivity contribution is -0.137. The van der Waals surface area contributed by atoms with Crippen LogP contribution in [0.2, 0.25) is 0 Å². The second-order valence-corrected chi connectivity index (χ2v) is 9.49. The molecule has 4 rings (SSSR count). The number of anilines is 2. The molecule has 7 nitrogen and oxygen atoms in total. The molecular weight excluding hydrogens is 543 g/mol. The van der Waals surface area contributed by atoms with Crippen LogP contribution in [-0.2, 0) is 22.3 Å². The molecule has 3 aromatic carbocycles. The van der Waals surface area contributed by atoms with Crippen LogP contribution >= 0.6 is 12.2 Å². The van der Waals surface area contributed by atoms with Crippen LogP contribution in [0.3, 0.4) is 0 Å². The lowest BCUT2D eigenvalue weighted by Gasteiger charge is -2.24. The molecule has 1 unspecified atom stereocenters. The fourth-order valence-corrected chi connectivity index (χ4v) is 4.63. The maximum atomic E-state index is 13.6. The lowest BCUT2D eigenvalue weighted by atomic mass is 10.1. The molecule has 0 bridgehead atoms. The number of nitrogens with zero attached hydrogens (tertiary/aromatic N) is 2. The van der Waals surface area contributed by atoms with Crippen LogP contribution in [0, 0.1) is 0 Å². The van der Waals surface area contributed by atoms with E-state index < -0.39 is 29.6 Å². The van der Waals surface area contributed by atoms with Crippen molar-refractivity contribution in [2.24, 2.45) is 0 Å². The van der Waals surface area contributed by atoms with Crippen molar-refractivity contribution in [3.8, 4) is 11.5 Å². The molecule has 1 heterocycles. The van der Waals surface area contributed by atoms with Gasteiger partial charge in [0.15, 0.2) is 5.11 Å². The fourth-order valence-electron chi connectivity index (χ4n) is 4.24. The third-order valence-corrected chi connectivity index (χ3v) is 6.67. The number of amides is 2. The molecule has 0 spiro atoms. The highest BCUT2D eigenvalue weighted by atomic mass is 32.1. The quantitative estimate of drug-likeness (QED) is 0.300. The van der Waals surface area contributed by atoms with Gasteiger partial charge in [-0.1, -0.05) is 25.1 Å². The minimum atomic E-state index is -4.60. The third kappa shape index (κ3) is 6.71. The summed E-state index contributed by atoms with van der Waals surface area (Å²) in [5.74, 6) is 0.264. The standard InChI is InChI=1S/C29H28F3N3O4S/c1-3-15-39-24-13-9-21(10-14-24)33-26(36)17-25-27(37)35(22-6-4-5-20(16-22)29(30,31)32)28(40)34(25)18-19-7-11-23(38-2)12-8-19/h4-14,16,25H,3,15,17-18H2,1-2H3,(H,33,36). The highest BCUT2D eigenvalue weighted by Gasteiger charge is 2.44. The Morgan fingerprint density at radius 3 is 2.33 bits per heavy atom. The molecular formula is C29H28F3N3O4S. The number of nitrogens with one attached hydrogen (secondary N) is 1. The van der Waals surface area contributed by atoms with E-state index in [0.29, 0.717) is 23.8 Å². The van der Waals surface area contributed by atoms with E-state index in [1.54, 1.807) is 53.4 Å². The normalized spacial score (nSPS) is 15.4. The molecule has 3 aromatic rings. The number of carbonyl (C=O) groups excluding carboxylic acids is 2. The molecule has 0 aliphatic carbocycles. The van der Waals surface area contributed by atoms with Gasteiger partial charge in [-0.05, 0) is 78.8 Å². The zero-order chi connectivity index (χ0) is 28.9. The van der Waals surface area contributed by atoms with Crippen molar-refractivity contribution in [2.75, 3.05) is 23.9 Å². The Balaban J connectivity index is 1.58. The van der Waals surface area contributed by atoms with Gasteiger partial charge in [-0.25, -0.2) is 0 Å². The van der Waals surface area contributed by atoms with Gasteiger partial charge in [0.05, 0.1) is 31.4 Å². The van der Waals surface area contributed by atoms with Crippen LogP contribution in [0.4, 0.5) is 24.5 Å². The number of halogens is 3. The maximum Gasteiger partial charge on any atom is 0.416 e. The summed E-state index contributed by atoms with van der Waals surface area (Å²) in [5, 5.41) is 2.78. The average Bonchev–Trinajstić information content (AvgIpc) is 3.16. The number of alkyl halides is 3. The number of rotatable bonds is 10. The molecule has 11 heteroatoms. The molecule has 0 saturated carbocycles. The molecule has 1 N–H and O–H groups in total. The number of benzene rings is 3. The van der Waals surface area contributed by atoms with Gasteiger partial charge in [0.1, 0.15) is 17.5 Å². The highest BCUT2D eigenvalue weighted by Crippen LogP contribution is 2.34. The Labute approximate surface area is 235 Å². The summed E-state index contributed by atoms with van der Waals surface area (Å²) in [6.45, 7) is 2.73. The first kappa shape index (κ1) is 28.9. The average molecular weight is 572 g/mol. The van der Waals surface area contributed by atoms with Crippen LogP contribution in [-0.4, -0.2) is 41.6 Å². The van der Waals surface area contributed by atoms with E-state index in [9.17, 15) is 22.8 Å². The number of thiocarbonyl (C=S) groups is 1. The van der Waals surface area contributed by atoms with Gasteiger partial charge in [0.25, 0.3) is 5.91 Å². The third-order valence-electron chi connectivity index (χ3n) is 6.25. The number of methoxy groups -OCH3 is 1. The second kappa shape index (κ2) is 12.4. The van der Waals surface area contributed by atoms with E-state index >= 15 is 0 Å². The number of hydrogen-bond donors (Lipinski definition) is 1. The van der Waals surface area contributed by atoms with Crippen molar-refractivity contribution in [3.05, 3.63) is 83.9 Å². The van der Waals surface area contributed by atoms with Crippen LogP contribution in [0.5, 0.6) is 11.5 Å². The largest absolute Gasteiger partial charge is 0.497 e. The van der Waals surface area contributed by atoms with Crippen molar-refractivity contribution in [1.29, 1.82) is 0 Å². The van der Waals surface area contributed by atoms with Gasteiger partial charge in [-0.2, -0.15) is 13.2 Å². The molecule has 1 fully saturated rings. The van der Waals surface area contributed by atoms with Crippen LogP contribution in [0.25, 0.3) is 0 Å². The summed E-state index contributed by atoms with van der Waals surface area (Å²) in [4.78, 5) is 29.3. The Bertz CT molecular complexity index is 1360. The van der Waals surface area contributed by atoms with Crippen molar-refractivity contribution in [3.63, 3.8) is 0 Å². The van der Waals surface area contributed by atoms with Crippen LogP contribution < -0.4 is 19.7 Å². The first-order chi connectivity index (χ1) is 19.1. The zero-order valence-electron chi connectivity index (χ0n) is 21.9. The van der Waals surface area contributed by atoms with Gasteiger partial charge < -0.3 is 19.7 Å². The van der Waals surface area contributed by atoms with Gasteiger partial charge in [0.2, 0.25) is 5.91 Å². The van der Waals surface area contributed by atoms with Crippen molar-refractivity contribution in [2.45, 2.75) is 38.5 Å². The van der Waals surface area contributed by atoms with E-state index in [1.807, 2.05) is 6.92 Å². The van der Waals surface area contributed by atoms with Crippen molar-refractivity contribution >= 4 is 40.5 Å². The van der Waals surface area contributed by atoms with E-state index in [1.165, 1.54) is 19.2 Å². The zero-order valence-corrected chi connectivity index (χ0v) is 22.7. The summed E-state index contributed by atoms with van der Waals surface area (Å²) >= 11 is 5.59. The number of ether oxygens (including phenoxy) is 2. The molecule has 1 atom stereocenters. The minimum Gasteiger partial charge on any atom is -0.497 e. The molecule has 40 heavy (non-hydrogen) atoms. The molecule has 210 valence electrons. The van der Waals surface area contributed by atoms with Crippen LogP contribution in [0.1, 0.15) is 30.9 Å². The molecule has 1 saturated heterocycles. The maximum absolute atomic E-state index is 13.6. The Morgan fingerprint density at radius 1 is 1.02 bits per heavy atom. The summed E-state index contributed by atoms with van der Waals surface area (Å²) in [6.07, 6.45) is -4.00. The smallest absolute Gasteiger partial charge is 0.416 e. The van der Waals surface area contributed by atoms with Crippen molar-refractivity contribution < 1.29 is 32.2 Å². The van der Waals surface area contributed by atoms with Gasteiger partial charge in [-0.15, -0.1) is 0 Å². The molecule has 0 aromatic heterocycles. The topological polar surface area (TPSA) is 71.1 Å². The van der Waals surface area contributed by atoms with Gasteiger partial charge >= 0.3 is 6.18 Å². The highest BCUT2D eigenvalue weighted by molar-refractivity contribution is 7.80. The monoisotopic (exact) mass is 571 g/mol. The van der Waals surface area contributed by atoms with Gasteiger partial charge in [-0.3, -0.25) is 14.5 Å². The molecule has 2 amide bonds.